The zero-order valence-corrected chi connectivity index (χ0v) is 12.0. The van der Waals surface area contributed by atoms with E-state index < -0.39 is 0 Å². The van der Waals surface area contributed by atoms with Crippen LogP contribution < -0.4 is 14.4 Å². The highest BCUT2D eigenvalue weighted by Gasteiger charge is 2.27. The van der Waals surface area contributed by atoms with Gasteiger partial charge in [-0.2, -0.15) is 0 Å². The van der Waals surface area contributed by atoms with Gasteiger partial charge in [-0.05, 0) is 45.7 Å². The molecule has 1 aliphatic rings. The molecule has 3 nitrogen and oxygen atoms in total. The summed E-state index contributed by atoms with van der Waals surface area (Å²) in [6.07, 6.45) is 2.69. The molecular weight excluding hydrogens is 226 g/mol. The summed E-state index contributed by atoms with van der Waals surface area (Å²) >= 11 is 0. The summed E-state index contributed by atoms with van der Waals surface area (Å²) in [6, 6.07) is 6.07. The fourth-order valence-corrected chi connectivity index (χ4v) is 1.72. The van der Waals surface area contributed by atoms with Gasteiger partial charge in [0.25, 0.3) is 0 Å². The van der Waals surface area contributed by atoms with Gasteiger partial charge in [0.2, 0.25) is 0 Å². The molecule has 18 heavy (non-hydrogen) atoms. The minimum Gasteiger partial charge on any atom is -0.486 e. The van der Waals surface area contributed by atoms with Crippen LogP contribution in [0.25, 0.3) is 0 Å². The van der Waals surface area contributed by atoms with Crippen LogP contribution in [-0.2, 0) is 0 Å². The van der Waals surface area contributed by atoms with Crippen molar-refractivity contribution >= 4 is 5.69 Å². The Morgan fingerprint density at radius 3 is 2.33 bits per heavy atom. The summed E-state index contributed by atoms with van der Waals surface area (Å²) in [5.74, 6) is 1.71. The minimum absolute atomic E-state index is 0.228. The molecule has 100 valence electrons. The number of hydrogen-bond donors (Lipinski definition) is 0. The summed E-state index contributed by atoms with van der Waals surface area (Å²) in [7, 11) is 4.04. The van der Waals surface area contributed by atoms with Crippen molar-refractivity contribution in [1.82, 2.24) is 0 Å². The van der Waals surface area contributed by atoms with Crippen LogP contribution in [0.15, 0.2) is 18.2 Å². The lowest BCUT2D eigenvalue weighted by Gasteiger charge is -2.27. The summed E-state index contributed by atoms with van der Waals surface area (Å²) < 4.78 is 12.0. The highest BCUT2D eigenvalue weighted by Crippen LogP contribution is 2.41. The van der Waals surface area contributed by atoms with Gasteiger partial charge in [-0.15, -0.1) is 0 Å². The molecule has 0 unspecified atom stereocenters. The fourth-order valence-electron chi connectivity index (χ4n) is 1.72. The standard InChI is InChI=1S/C15H23NO2/c1-15(2,3)18-14-12(16(4)5)7-6-8-13(14)17-11-9-10-11/h6-8,11H,9-10H2,1-5H3. The third-order valence-electron chi connectivity index (χ3n) is 2.67. The lowest BCUT2D eigenvalue weighted by Crippen LogP contribution is -2.25. The van der Waals surface area contributed by atoms with Crippen LogP contribution in [0.3, 0.4) is 0 Å². The first-order valence-corrected chi connectivity index (χ1v) is 6.53. The maximum atomic E-state index is 6.09. The van der Waals surface area contributed by atoms with Gasteiger partial charge >= 0.3 is 0 Å². The molecule has 1 aliphatic carbocycles. The predicted molar refractivity (Wildman–Crippen MR) is 74.8 cm³/mol. The Labute approximate surface area is 110 Å². The highest BCUT2D eigenvalue weighted by molar-refractivity contribution is 5.64. The summed E-state index contributed by atoms with van der Waals surface area (Å²) in [6.45, 7) is 6.17. The Kier molecular flexibility index (Phi) is 3.42. The molecule has 1 aromatic rings. The zero-order valence-electron chi connectivity index (χ0n) is 12.0. The predicted octanol–water partition coefficient (Wildman–Crippen LogP) is 3.47. The molecule has 1 saturated carbocycles. The average molecular weight is 249 g/mol. The number of ether oxygens (including phenoxy) is 2. The molecule has 3 heteroatoms. The fraction of sp³-hybridized carbons (Fsp3) is 0.600. The number of rotatable bonds is 4. The maximum Gasteiger partial charge on any atom is 0.185 e. The second kappa shape index (κ2) is 4.71. The number of para-hydroxylation sites is 1. The Hall–Kier alpha value is -1.38. The lowest BCUT2D eigenvalue weighted by atomic mass is 10.1. The molecule has 1 fully saturated rings. The van der Waals surface area contributed by atoms with E-state index in [4.69, 9.17) is 9.47 Å². The molecule has 0 radical (unpaired) electrons. The molecule has 1 aromatic carbocycles. The molecule has 0 aromatic heterocycles. The van der Waals surface area contributed by atoms with Gasteiger partial charge in [0.15, 0.2) is 11.5 Å². The molecule has 0 N–H and O–H groups in total. The van der Waals surface area contributed by atoms with E-state index in [2.05, 4.69) is 31.7 Å². The first-order chi connectivity index (χ1) is 8.37. The van der Waals surface area contributed by atoms with E-state index in [0.29, 0.717) is 6.10 Å². The van der Waals surface area contributed by atoms with Crippen LogP contribution in [0.2, 0.25) is 0 Å². The van der Waals surface area contributed by atoms with Crippen molar-refractivity contribution < 1.29 is 9.47 Å². The Bertz CT molecular complexity index is 417. The molecule has 0 aliphatic heterocycles. The van der Waals surface area contributed by atoms with Crippen molar-refractivity contribution in [2.24, 2.45) is 0 Å². The smallest absolute Gasteiger partial charge is 0.185 e. The van der Waals surface area contributed by atoms with Crippen LogP contribution in [0.1, 0.15) is 33.6 Å². The van der Waals surface area contributed by atoms with E-state index in [1.165, 1.54) is 0 Å². The van der Waals surface area contributed by atoms with Gasteiger partial charge in [-0.25, -0.2) is 0 Å². The normalized spacial score (nSPS) is 15.4. The van der Waals surface area contributed by atoms with Crippen LogP contribution >= 0.6 is 0 Å². The lowest BCUT2D eigenvalue weighted by molar-refractivity contribution is 0.123. The SMILES string of the molecule is CN(C)c1cccc(OC2CC2)c1OC(C)(C)C. The van der Waals surface area contributed by atoms with Crippen molar-refractivity contribution in [3.63, 3.8) is 0 Å². The zero-order chi connectivity index (χ0) is 13.3. The summed E-state index contributed by atoms with van der Waals surface area (Å²) in [5, 5.41) is 0. The van der Waals surface area contributed by atoms with Crippen molar-refractivity contribution in [3.8, 4) is 11.5 Å². The molecule has 0 bridgehead atoms. The first kappa shape index (κ1) is 13.1. The van der Waals surface area contributed by atoms with Gasteiger partial charge < -0.3 is 14.4 Å². The number of nitrogens with zero attached hydrogens (tertiary/aromatic N) is 1. The number of anilines is 1. The third kappa shape index (κ3) is 3.31. The number of benzene rings is 1. The largest absolute Gasteiger partial charge is 0.486 e. The van der Waals surface area contributed by atoms with Gasteiger partial charge in [-0.3, -0.25) is 0 Å². The van der Waals surface area contributed by atoms with Crippen LogP contribution in [0.5, 0.6) is 11.5 Å². The first-order valence-electron chi connectivity index (χ1n) is 6.53. The second-order valence-corrected chi connectivity index (χ2v) is 6.03. The van der Waals surface area contributed by atoms with Crippen molar-refractivity contribution in [2.45, 2.75) is 45.3 Å². The van der Waals surface area contributed by atoms with E-state index in [0.717, 1.165) is 30.0 Å². The monoisotopic (exact) mass is 249 g/mol. The topological polar surface area (TPSA) is 21.7 Å². The highest BCUT2D eigenvalue weighted by atomic mass is 16.5. The van der Waals surface area contributed by atoms with Gasteiger partial charge in [0, 0.05) is 14.1 Å². The van der Waals surface area contributed by atoms with Crippen molar-refractivity contribution in [1.29, 1.82) is 0 Å². The minimum atomic E-state index is -0.228. The van der Waals surface area contributed by atoms with Crippen LogP contribution in [0, 0.1) is 0 Å². The van der Waals surface area contributed by atoms with E-state index in [-0.39, 0.29) is 5.60 Å². The third-order valence-corrected chi connectivity index (χ3v) is 2.67. The Morgan fingerprint density at radius 1 is 1.17 bits per heavy atom. The van der Waals surface area contributed by atoms with E-state index in [1.807, 2.05) is 26.2 Å². The van der Waals surface area contributed by atoms with Gasteiger partial charge in [0.05, 0.1) is 11.8 Å². The van der Waals surface area contributed by atoms with Crippen molar-refractivity contribution in [3.05, 3.63) is 18.2 Å². The Morgan fingerprint density at radius 2 is 1.83 bits per heavy atom. The van der Waals surface area contributed by atoms with Gasteiger partial charge in [-0.1, -0.05) is 6.07 Å². The molecular formula is C15H23NO2. The summed E-state index contributed by atoms with van der Waals surface area (Å²) in [4.78, 5) is 2.06. The Balaban J connectivity index is 2.34. The van der Waals surface area contributed by atoms with E-state index in [1.54, 1.807) is 0 Å². The molecule has 2 rings (SSSR count). The van der Waals surface area contributed by atoms with E-state index in [9.17, 15) is 0 Å². The second-order valence-electron chi connectivity index (χ2n) is 6.03. The number of hydrogen-bond acceptors (Lipinski definition) is 3. The molecule has 0 spiro atoms. The van der Waals surface area contributed by atoms with Crippen molar-refractivity contribution in [2.75, 3.05) is 19.0 Å². The molecule has 0 saturated heterocycles. The maximum absolute atomic E-state index is 6.09. The quantitative estimate of drug-likeness (QED) is 0.815. The van der Waals surface area contributed by atoms with Crippen LogP contribution in [-0.4, -0.2) is 25.8 Å². The molecule has 0 amide bonds. The van der Waals surface area contributed by atoms with E-state index >= 15 is 0 Å². The summed E-state index contributed by atoms with van der Waals surface area (Å²) in [5.41, 5.74) is 0.830. The average Bonchev–Trinajstić information content (AvgIpc) is 3.02. The molecule has 0 heterocycles. The van der Waals surface area contributed by atoms with Crippen LogP contribution in [0.4, 0.5) is 5.69 Å². The molecule has 0 atom stereocenters. The van der Waals surface area contributed by atoms with Gasteiger partial charge in [0.1, 0.15) is 5.60 Å².